The molecule has 0 aliphatic carbocycles. The molecule has 4 aromatic rings. The first-order chi connectivity index (χ1) is 19.2. The van der Waals surface area contributed by atoms with Crippen LogP contribution in [0.25, 0.3) is 0 Å². The van der Waals surface area contributed by atoms with E-state index in [9.17, 15) is 19.8 Å². The highest BCUT2D eigenvalue weighted by Gasteiger charge is 2.38. The summed E-state index contributed by atoms with van der Waals surface area (Å²) in [6.07, 6.45) is 2.36. The first kappa shape index (κ1) is 28.7. The number of carbonyl (C=O) groups excluding carboxylic acids is 1. The zero-order valence-electron chi connectivity index (χ0n) is 22.7. The summed E-state index contributed by atoms with van der Waals surface area (Å²) in [6, 6.07) is 28.6. The molecule has 3 aromatic carbocycles. The van der Waals surface area contributed by atoms with Gasteiger partial charge in [0.15, 0.2) is 6.10 Å². The Morgan fingerprint density at radius 1 is 0.900 bits per heavy atom. The Morgan fingerprint density at radius 3 is 1.80 bits per heavy atom. The fourth-order valence-corrected chi connectivity index (χ4v) is 5.19. The van der Waals surface area contributed by atoms with Crippen LogP contribution in [-0.2, 0) is 21.5 Å². The van der Waals surface area contributed by atoms with Gasteiger partial charge in [-0.3, -0.25) is 4.79 Å². The van der Waals surface area contributed by atoms with E-state index in [1.54, 1.807) is 6.33 Å². The van der Waals surface area contributed by atoms with Crippen molar-refractivity contribution in [3.05, 3.63) is 126 Å². The fourth-order valence-electron chi connectivity index (χ4n) is 5.19. The van der Waals surface area contributed by atoms with Crippen molar-refractivity contribution >= 4 is 11.9 Å². The third-order valence-electron chi connectivity index (χ3n) is 7.05. The monoisotopic (exact) mass is 540 g/mol. The van der Waals surface area contributed by atoms with Gasteiger partial charge in [-0.05, 0) is 29.0 Å². The van der Waals surface area contributed by atoms with Gasteiger partial charge in [0.05, 0.1) is 24.1 Å². The molecule has 0 fully saturated rings. The summed E-state index contributed by atoms with van der Waals surface area (Å²) in [5.41, 5.74) is 9.25. The van der Waals surface area contributed by atoms with Gasteiger partial charge in [0.1, 0.15) is 5.54 Å². The van der Waals surface area contributed by atoms with E-state index in [0.29, 0.717) is 12.1 Å². The van der Waals surface area contributed by atoms with Crippen molar-refractivity contribution in [1.29, 1.82) is 0 Å². The zero-order valence-corrected chi connectivity index (χ0v) is 22.7. The summed E-state index contributed by atoms with van der Waals surface area (Å²) in [6.45, 7) is 3.78. The molecule has 3 atom stereocenters. The standard InChI is InChI=1S/C32H36N4O4/c1-22(2)18-28(29(37)31(39)40)35-30(38)27(33)19-26-20-36(21-34-26)32(23-12-6-3-7-13-23,24-14-8-4-9-15-24)25-16-10-5-11-17-25/h3-17,20-22,27-29,37H,18-19,33H2,1-2H3,(H,35,38)(H,39,40). The highest BCUT2D eigenvalue weighted by atomic mass is 16.4. The smallest absolute Gasteiger partial charge is 0.334 e. The van der Waals surface area contributed by atoms with Crippen LogP contribution < -0.4 is 11.1 Å². The minimum atomic E-state index is -1.72. The number of nitrogens with one attached hydrogen (secondary N) is 1. The Kier molecular flexibility index (Phi) is 9.14. The van der Waals surface area contributed by atoms with E-state index in [1.807, 2.05) is 79.2 Å². The van der Waals surface area contributed by atoms with Crippen LogP contribution in [0.1, 0.15) is 42.7 Å². The summed E-state index contributed by atoms with van der Waals surface area (Å²) >= 11 is 0. The molecule has 0 aliphatic rings. The number of hydrogen-bond acceptors (Lipinski definition) is 5. The maximum atomic E-state index is 13.0. The van der Waals surface area contributed by atoms with E-state index in [4.69, 9.17) is 5.73 Å². The van der Waals surface area contributed by atoms with E-state index in [2.05, 4.69) is 46.7 Å². The maximum Gasteiger partial charge on any atom is 0.334 e. The average Bonchev–Trinajstić information content (AvgIpc) is 3.42. The molecule has 40 heavy (non-hydrogen) atoms. The van der Waals surface area contributed by atoms with E-state index < -0.39 is 35.6 Å². The number of aromatic nitrogens is 2. The molecule has 0 saturated carbocycles. The molecule has 4 rings (SSSR count). The Labute approximate surface area is 234 Å². The molecular formula is C32H36N4O4. The Balaban J connectivity index is 1.68. The number of aliphatic carboxylic acids is 1. The van der Waals surface area contributed by atoms with Crippen LogP contribution in [0.15, 0.2) is 104 Å². The molecule has 8 heteroatoms. The summed E-state index contributed by atoms with van der Waals surface area (Å²) in [7, 11) is 0. The minimum absolute atomic E-state index is 0.0632. The third kappa shape index (κ3) is 6.14. The van der Waals surface area contributed by atoms with Gasteiger partial charge in [0, 0.05) is 12.6 Å². The van der Waals surface area contributed by atoms with Gasteiger partial charge in [-0.25, -0.2) is 9.78 Å². The molecule has 1 amide bonds. The Morgan fingerprint density at radius 2 is 1.38 bits per heavy atom. The number of carboxylic acid groups (broad SMARTS) is 1. The van der Waals surface area contributed by atoms with Crippen molar-refractivity contribution in [2.24, 2.45) is 11.7 Å². The molecule has 0 aliphatic heterocycles. The van der Waals surface area contributed by atoms with E-state index in [0.717, 1.165) is 16.7 Å². The van der Waals surface area contributed by atoms with E-state index >= 15 is 0 Å². The van der Waals surface area contributed by atoms with Crippen molar-refractivity contribution in [2.45, 2.75) is 50.4 Å². The fraction of sp³-hybridized carbons (Fsp3) is 0.281. The lowest BCUT2D eigenvalue weighted by molar-refractivity contribution is -0.149. The number of benzene rings is 3. The van der Waals surface area contributed by atoms with E-state index in [1.165, 1.54) is 0 Å². The van der Waals surface area contributed by atoms with Gasteiger partial charge >= 0.3 is 5.97 Å². The Hall–Kier alpha value is -4.27. The quantitative estimate of drug-likeness (QED) is 0.203. The molecule has 208 valence electrons. The van der Waals surface area contributed by atoms with Crippen LogP contribution in [0.4, 0.5) is 0 Å². The summed E-state index contributed by atoms with van der Waals surface area (Å²) in [5, 5.41) is 22.0. The number of hydrogen-bond donors (Lipinski definition) is 4. The van der Waals surface area contributed by atoms with Gasteiger partial charge in [-0.1, -0.05) is 105 Å². The Bertz CT molecular complexity index is 1290. The largest absolute Gasteiger partial charge is 0.479 e. The van der Waals surface area contributed by atoms with Crippen LogP contribution in [-0.4, -0.2) is 49.8 Å². The number of nitrogens with two attached hydrogens (primary N) is 1. The second kappa shape index (κ2) is 12.7. The summed E-state index contributed by atoms with van der Waals surface area (Å²) < 4.78 is 2.04. The first-order valence-electron chi connectivity index (χ1n) is 13.4. The summed E-state index contributed by atoms with van der Waals surface area (Å²) in [5.74, 6) is -1.87. The first-order valence-corrected chi connectivity index (χ1v) is 13.4. The number of carbonyl (C=O) groups is 2. The lowest BCUT2D eigenvalue weighted by atomic mass is 9.77. The van der Waals surface area contributed by atoms with Crippen molar-refractivity contribution in [3.8, 4) is 0 Å². The predicted octanol–water partition coefficient (Wildman–Crippen LogP) is 3.57. The molecule has 3 unspecified atom stereocenters. The number of aliphatic hydroxyl groups is 1. The average molecular weight is 541 g/mol. The molecule has 8 nitrogen and oxygen atoms in total. The minimum Gasteiger partial charge on any atom is -0.479 e. The van der Waals surface area contributed by atoms with Gasteiger partial charge < -0.3 is 25.8 Å². The number of amides is 1. The van der Waals surface area contributed by atoms with Crippen LogP contribution in [0.5, 0.6) is 0 Å². The van der Waals surface area contributed by atoms with Gasteiger partial charge in [-0.15, -0.1) is 0 Å². The van der Waals surface area contributed by atoms with Gasteiger partial charge in [0.25, 0.3) is 0 Å². The highest BCUT2D eigenvalue weighted by Crippen LogP contribution is 2.40. The molecule has 0 radical (unpaired) electrons. The zero-order chi connectivity index (χ0) is 28.7. The second-order valence-corrected chi connectivity index (χ2v) is 10.4. The van der Waals surface area contributed by atoms with Crippen molar-refractivity contribution in [1.82, 2.24) is 14.9 Å². The van der Waals surface area contributed by atoms with Crippen LogP contribution >= 0.6 is 0 Å². The molecule has 0 spiro atoms. The predicted molar refractivity (Wildman–Crippen MR) is 154 cm³/mol. The maximum absolute atomic E-state index is 13.0. The van der Waals surface area contributed by atoms with Gasteiger partial charge in [0.2, 0.25) is 5.91 Å². The van der Waals surface area contributed by atoms with Gasteiger partial charge in [-0.2, -0.15) is 0 Å². The molecule has 0 bridgehead atoms. The number of rotatable bonds is 12. The van der Waals surface area contributed by atoms with Crippen LogP contribution in [0.2, 0.25) is 0 Å². The SMILES string of the molecule is CC(C)CC(NC(=O)C(N)Cc1cn(C(c2ccccc2)(c2ccccc2)c2ccccc2)cn1)C(O)C(=O)O. The number of nitrogens with zero attached hydrogens (tertiary/aromatic N) is 2. The molecule has 1 heterocycles. The van der Waals surface area contributed by atoms with E-state index in [-0.39, 0.29) is 12.3 Å². The molecular weight excluding hydrogens is 504 g/mol. The van der Waals surface area contributed by atoms with Crippen molar-refractivity contribution in [2.75, 3.05) is 0 Å². The number of carboxylic acids is 1. The van der Waals surface area contributed by atoms with Crippen LogP contribution in [0.3, 0.4) is 0 Å². The normalized spacial score (nSPS) is 13.9. The molecule has 0 saturated heterocycles. The topological polar surface area (TPSA) is 130 Å². The number of imidazole rings is 1. The van der Waals surface area contributed by atoms with Crippen molar-refractivity contribution in [3.63, 3.8) is 0 Å². The van der Waals surface area contributed by atoms with Crippen LogP contribution in [0, 0.1) is 5.92 Å². The van der Waals surface area contributed by atoms with Crippen molar-refractivity contribution < 1.29 is 19.8 Å². The molecule has 1 aromatic heterocycles. The lowest BCUT2D eigenvalue weighted by Gasteiger charge is -2.37. The highest BCUT2D eigenvalue weighted by molar-refractivity contribution is 5.83. The second-order valence-electron chi connectivity index (χ2n) is 10.4. The third-order valence-corrected chi connectivity index (χ3v) is 7.05. The number of aliphatic hydroxyl groups excluding tert-OH is 1. The molecule has 5 N–H and O–H groups in total. The lowest BCUT2D eigenvalue weighted by Crippen LogP contribution is -2.52. The summed E-state index contributed by atoms with van der Waals surface area (Å²) in [4.78, 5) is 29.0.